The molecule has 3 heteroatoms. The topological polar surface area (TPSA) is 15.6 Å². The maximum absolute atomic E-state index is 4.43. The third-order valence-corrected chi connectivity index (χ3v) is 3.75. The smallest absolute Gasteiger partial charge is 0.0658 e. The highest BCUT2D eigenvalue weighted by Crippen LogP contribution is 2.26. The Morgan fingerprint density at radius 1 is 1.47 bits per heavy atom. The molecule has 0 amide bonds. The van der Waals surface area contributed by atoms with E-state index in [1.165, 1.54) is 11.1 Å². The maximum atomic E-state index is 4.43. The van der Waals surface area contributed by atoms with Crippen molar-refractivity contribution in [3.8, 4) is 0 Å². The molecule has 92 valence electrons. The zero-order chi connectivity index (χ0) is 12.3. The Hall–Kier alpha value is -0.830. The summed E-state index contributed by atoms with van der Waals surface area (Å²) in [6.45, 7) is 5.24. The van der Waals surface area contributed by atoms with Gasteiger partial charge < -0.3 is 0 Å². The minimum absolute atomic E-state index is 0.458. The number of alkyl halides is 1. The van der Waals surface area contributed by atoms with Crippen LogP contribution in [0.25, 0.3) is 0 Å². The first-order chi connectivity index (χ1) is 8.19. The van der Waals surface area contributed by atoms with Crippen LogP contribution in [0.4, 0.5) is 0 Å². The van der Waals surface area contributed by atoms with Crippen LogP contribution in [0.15, 0.2) is 40.7 Å². The lowest BCUT2D eigenvalue weighted by molar-refractivity contribution is 0.423. The molecule has 17 heavy (non-hydrogen) atoms. The molecule has 1 aliphatic heterocycles. The number of halogens is 1. The van der Waals surface area contributed by atoms with Gasteiger partial charge in [-0.15, -0.1) is 0 Å². The molecular formula is C14H19BrN2. The average Bonchev–Trinajstić information content (AvgIpc) is 2.34. The molecule has 0 N–H and O–H groups in total. The zero-order valence-corrected chi connectivity index (χ0v) is 12.0. The van der Waals surface area contributed by atoms with Gasteiger partial charge in [-0.1, -0.05) is 48.0 Å². The molecule has 2 unspecified atom stereocenters. The Bertz CT molecular complexity index is 379. The first kappa shape index (κ1) is 12.6. The van der Waals surface area contributed by atoms with E-state index >= 15 is 0 Å². The number of allylic oxidation sites excluding steroid dienone is 3. The van der Waals surface area contributed by atoms with Crippen molar-refractivity contribution in [1.29, 1.82) is 0 Å². The Morgan fingerprint density at radius 2 is 2.29 bits per heavy atom. The molecule has 2 aliphatic rings. The number of nitrogens with zero attached hydrogens (tertiary/aromatic N) is 2. The molecule has 1 aliphatic carbocycles. The normalized spacial score (nSPS) is 28.1. The number of hydrogen-bond acceptors (Lipinski definition) is 2. The summed E-state index contributed by atoms with van der Waals surface area (Å²) in [7, 11) is 0. The first-order valence-electron chi connectivity index (χ1n) is 6.22. The van der Waals surface area contributed by atoms with Gasteiger partial charge in [-0.25, -0.2) is 0 Å². The predicted molar refractivity (Wildman–Crippen MR) is 77.3 cm³/mol. The van der Waals surface area contributed by atoms with Crippen molar-refractivity contribution in [3.63, 3.8) is 0 Å². The van der Waals surface area contributed by atoms with E-state index in [1.807, 2.05) is 11.2 Å². The molecular weight excluding hydrogens is 276 g/mol. The molecule has 0 aromatic rings. The van der Waals surface area contributed by atoms with Crippen LogP contribution in [0.2, 0.25) is 0 Å². The largest absolute Gasteiger partial charge is 0.269 e. The second-order valence-electron chi connectivity index (χ2n) is 4.59. The van der Waals surface area contributed by atoms with Crippen LogP contribution in [-0.2, 0) is 0 Å². The minimum atomic E-state index is 0.458. The Balaban J connectivity index is 2.02. The Morgan fingerprint density at radius 3 is 2.94 bits per heavy atom. The van der Waals surface area contributed by atoms with Crippen LogP contribution in [0, 0.1) is 5.92 Å². The lowest BCUT2D eigenvalue weighted by Gasteiger charge is -2.24. The molecule has 2 rings (SSSR count). The quantitative estimate of drug-likeness (QED) is 0.722. The fourth-order valence-electron chi connectivity index (χ4n) is 2.07. The molecule has 0 bridgehead atoms. The van der Waals surface area contributed by atoms with E-state index in [2.05, 4.69) is 59.3 Å². The summed E-state index contributed by atoms with van der Waals surface area (Å²) in [5.74, 6) is 0.458. The van der Waals surface area contributed by atoms with Crippen molar-refractivity contribution in [2.24, 2.45) is 11.0 Å². The van der Waals surface area contributed by atoms with E-state index in [0.29, 0.717) is 10.7 Å². The lowest BCUT2D eigenvalue weighted by atomic mass is 9.95. The molecule has 0 radical (unpaired) electrons. The van der Waals surface area contributed by atoms with Gasteiger partial charge in [-0.3, -0.25) is 5.01 Å². The Labute approximate surface area is 112 Å². The molecule has 2 nitrogen and oxygen atoms in total. The molecule has 2 atom stereocenters. The molecule has 0 saturated carbocycles. The third kappa shape index (κ3) is 3.32. The van der Waals surface area contributed by atoms with Crippen molar-refractivity contribution in [2.75, 3.05) is 6.54 Å². The summed E-state index contributed by atoms with van der Waals surface area (Å²) >= 11 is 3.65. The van der Waals surface area contributed by atoms with Gasteiger partial charge in [0.25, 0.3) is 0 Å². The Kier molecular flexibility index (Phi) is 4.21. The summed E-state index contributed by atoms with van der Waals surface area (Å²) in [6.07, 6.45) is 13.1. The van der Waals surface area contributed by atoms with E-state index in [-0.39, 0.29) is 0 Å². The molecule has 0 aromatic heterocycles. The van der Waals surface area contributed by atoms with Gasteiger partial charge in [-0.2, -0.15) is 5.10 Å². The highest BCUT2D eigenvalue weighted by molar-refractivity contribution is 9.09. The first-order valence-corrected chi connectivity index (χ1v) is 7.14. The van der Waals surface area contributed by atoms with Crippen LogP contribution >= 0.6 is 15.9 Å². The van der Waals surface area contributed by atoms with Crippen molar-refractivity contribution in [2.45, 2.75) is 31.5 Å². The number of hydrogen-bond donors (Lipinski definition) is 0. The second kappa shape index (κ2) is 5.67. The zero-order valence-electron chi connectivity index (χ0n) is 10.4. The van der Waals surface area contributed by atoms with E-state index in [1.54, 1.807) is 0 Å². The minimum Gasteiger partial charge on any atom is -0.269 e. The summed E-state index contributed by atoms with van der Waals surface area (Å²) < 4.78 is 0. The molecule has 0 spiro atoms. The lowest BCUT2D eigenvalue weighted by Crippen LogP contribution is -2.20. The number of rotatable bonds is 3. The van der Waals surface area contributed by atoms with Crippen molar-refractivity contribution < 1.29 is 0 Å². The van der Waals surface area contributed by atoms with Gasteiger partial charge in [0.15, 0.2) is 0 Å². The molecule has 0 aromatic carbocycles. The van der Waals surface area contributed by atoms with E-state index in [4.69, 9.17) is 0 Å². The molecule has 1 heterocycles. The molecule has 0 fully saturated rings. The monoisotopic (exact) mass is 294 g/mol. The van der Waals surface area contributed by atoms with Gasteiger partial charge in [0.05, 0.1) is 6.54 Å². The SMILES string of the molecule is CCC1=CC(Br)CC=C1CN1C=CC(C)C=N1. The van der Waals surface area contributed by atoms with Gasteiger partial charge in [0.2, 0.25) is 0 Å². The van der Waals surface area contributed by atoms with Gasteiger partial charge in [0, 0.05) is 23.2 Å². The van der Waals surface area contributed by atoms with Crippen molar-refractivity contribution in [3.05, 3.63) is 35.6 Å². The average molecular weight is 295 g/mol. The van der Waals surface area contributed by atoms with Crippen molar-refractivity contribution in [1.82, 2.24) is 5.01 Å². The fourth-order valence-corrected chi connectivity index (χ4v) is 2.58. The van der Waals surface area contributed by atoms with E-state index < -0.39 is 0 Å². The summed E-state index contributed by atoms with van der Waals surface area (Å²) in [6, 6.07) is 0. The van der Waals surface area contributed by atoms with Crippen LogP contribution < -0.4 is 0 Å². The summed E-state index contributed by atoms with van der Waals surface area (Å²) in [5, 5.41) is 6.45. The van der Waals surface area contributed by atoms with Gasteiger partial charge in [-0.05, 0) is 24.0 Å². The predicted octanol–water partition coefficient (Wildman–Crippen LogP) is 3.87. The highest BCUT2D eigenvalue weighted by atomic mass is 79.9. The van der Waals surface area contributed by atoms with Crippen LogP contribution in [0.3, 0.4) is 0 Å². The fraction of sp³-hybridized carbons (Fsp3) is 0.500. The third-order valence-electron chi connectivity index (χ3n) is 3.11. The van der Waals surface area contributed by atoms with Crippen LogP contribution in [-0.4, -0.2) is 22.6 Å². The summed E-state index contributed by atoms with van der Waals surface area (Å²) in [5.41, 5.74) is 2.86. The van der Waals surface area contributed by atoms with Crippen molar-refractivity contribution >= 4 is 22.1 Å². The highest BCUT2D eigenvalue weighted by Gasteiger charge is 2.14. The number of hydrazone groups is 1. The van der Waals surface area contributed by atoms with E-state index in [9.17, 15) is 0 Å². The van der Waals surface area contributed by atoms with Crippen LogP contribution in [0.5, 0.6) is 0 Å². The maximum Gasteiger partial charge on any atom is 0.0658 e. The van der Waals surface area contributed by atoms with E-state index in [0.717, 1.165) is 19.4 Å². The van der Waals surface area contributed by atoms with Crippen LogP contribution in [0.1, 0.15) is 26.7 Å². The summed E-state index contributed by atoms with van der Waals surface area (Å²) in [4.78, 5) is 0.502. The van der Waals surface area contributed by atoms with Gasteiger partial charge >= 0.3 is 0 Å². The molecule has 0 saturated heterocycles. The second-order valence-corrected chi connectivity index (χ2v) is 5.77. The standard InChI is InChI=1S/C14H19BrN2/c1-3-12-8-14(15)5-4-13(12)10-17-7-6-11(2)9-16-17/h4,6-9,11,14H,3,5,10H2,1-2H3. The van der Waals surface area contributed by atoms with Gasteiger partial charge in [0.1, 0.15) is 0 Å².